The van der Waals surface area contributed by atoms with Crippen molar-refractivity contribution < 1.29 is 4.79 Å². The maximum Gasteiger partial charge on any atom is 0.173 e. The number of ketones is 1. The van der Waals surface area contributed by atoms with Gasteiger partial charge in [0.15, 0.2) is 5.78 Å². The van der Waals surface area contributed by atoms with Gasteiger partial charge in [-0.15, -0.1) is 0 Å². The number of nitrogens with one attached hydrogen (secondary N) is 1. The maximum atomic E-state index is 12.5. The number of benzene rings is 1. The van der Waals surface area contributed by atoms with E-state index in [4.69, 9.17) is 11.6 Å². The standard InChI is InChI=1S/C18H12ClN3OS/c19-12-8-14-13-7-11(4-5-15(13)22-18(14)21-9-12)16(23)10-24-17-3-1-2-6-20-17/h1-9H,10H2,(H,21,22). The van der Waals surface area contributed by atoms with Crippen LogP contribution in [0.2, 0.25) is 5.02 Å². The molecule has 0 aliphatic heterocycles. The van der Waals surface area contributed by atoms with Crippen LogP contribution in [-0.2, 0) is 0 Å². The molecule has 6 heteroatoms. The van der Waals surface area contributed by atoms with Crippen LogP contribution in [0.15, 0.2) is 59.9 Å². The lowest BCUT2D eigenvalue weighted by atomic mass is 10.1. The van der Waals surface area contributed by atoms with Crippen molar-refractivity contribution in [1.82, 2.24) is 15.0 Å². The molecule has 118 valence electrons. The fourth-order valence-corrected chi connectivity index (χ4v) is 3.49. The summed E-state index contributed by atoms with van der Waals surface area (Å²) < 4.78 is 0. The second-order valence-electron chi connectivity index (χ2n) is 5.31. The molecule has 0 fully saturated rings. The average Bonchev–Trinajstić information content (AvgIpc) is 2.97. The van der Waals surface area contributed by atoms with E-state index in [1.54, 1.807) is 12.4 Å². The second kappa shape index (κ2) is 6.26. The fraction of sp³-hybridized carbons (Fsp3) is 0.0556. The molecule has 0 unspecified atom stereocenters. The Balaban J connectivity index is 1.65. The number of fused-ring (bicyclic) bond motifs is 3. The third-order valence-electron chi connectivity index (χ3n) is 3.73. The number of carbonyl (C=O) groups is 1. The fourth-order valence-electron chi connectivity index (χ4n) is 2.58. The molecular formula is C18H12ClN3OS. The van der Waals surface area contributed by atoms with Gasteiger partial charge in [0.25, 0.3) is 0 Å². The molecule has 4 rings (SSSR count). The van der Waals surface area contributed by atoms with Gasteiger partial charge in [-0.2, -0.15) is 0 Å². The molecule has 3 heterocycles. The summed E-state index contributed by atoms with van der Waals surface area (Å²) in [6.07, 6.45) is 3.33. The van der Waals surface area contributed by atoms with Crippen molar-refractivity contribution in [1.29, 1.82) is 0 Å². The minimum atomic E-state index is 0.0666. The zero-order valence-electron chi connectivity index (χ0n) is 12.5. The number of carbonyl (C=O) groups excluding carboxylic acids is 1. The van der Waals surface area contributed by atoms with Crippen molar-refractivity contribution in [3.63, 3.8) is 0 Å². The van der Waals surface area contributed by atoms with E-state index in [1.165, 1.54) is 11.8 Å². The molecule has 4 aromatic rings. The average molecular weight is 354 g/mol. The second-order valence-corrected chi connectivity index (χ2v) is 6.75. The van der Waals surface area contributed by atoms with Crippen molar-refractivity contribution >= 4 is 51.1 Å². The van der Waals surface area contributed by atoms with Crippen LogP contribution in [0.5, 0.6) is 0 Å². The summed E-state index contributed by atoms with van der Waals surface area (Å²) >= 11 is 7.48. The molecule has 0 aliphatic rings. The summed E-state index contributed by atoms with van der Waals surface area (Å²) in [6, 6.07) is 13.2. The zero-order valence-corrected chi connectivity index (χ0v) is 14.1. The normalized spacial score (nSPS) is 11.2. The quantitative estimate of drug-likeness (QED) is 0.425. The number of pyridine rings is 2. The molecule has 4 nitrogen and oxygen atoms in total. The SMILES string of the molecule is O=C(CSc1ccccn1)c1ccc2[nH]c3ncc(Cl)cc3c2c1. The molecule has 0 radical (unpaired) electrons. The monoisotopic (exact) mass is 353 g/mol. The predicted molar refractivity (Wildman–Crippen MR) is 97.9 cm³/mol. The number of Topliss-reactive ketones (excluding diaryl/α,β-unsaturated/α-hetero) is 1. The highest BCUT2D eigenvalue weighted by molar-refractivity contribution is 7.99. The molecular weight excluding hydrogens is 342 g/mol. The Hall–Kier alpha value is -2.37. The van der Waals surface area contributed by atoms with E-state index in [2.05, 4.69) is 15.0 Å². The molecule has 1 N–H and O–H groups in total. The Morgan fingerprint density at radius 3 is 2.88 bits per heavy atom. The minimum Gasteiger partial charge on any atom is -0.339 e. The first-order valence-corrected chi connectivity index (χ1v) is 8.71. The van der Waals surface area contributed by atoms with E-state index in [1.807, 2.05) is 42.5 Å². The van der Waals surface area contributed by atoms with Gasteiger partial charge in [-0.25, -0.2) is 9.97 Å². The Kier molecular flexibility index (Phi) is 3.96. The van der Waals surface area contributed by atoms with E-state index in [0.29, 0.717) is 16.3 Å². The van der Waals surface area contributed by atoms with Gasteiger partial charge in [0, 0.05) is 34.2 Å². The number of aromatic amines is 1. The molecule has 3 aromatic heterocycles. The Labute approximate surface area is 147 Å². The number of hydrogen-bond donors (Lipinski definition) is 1. The van der Waals surface area contributed by atoms with Gasteiger partial charge in [0.05, 0.1) is 15.8 Å². The van der Waals surface area contributed by atoms with Gasteiger partial charge in [0.2, 0.25) is 0 Å². The van der Waals surface area contributed by atoms with Gasteiger partial charge in [-0.3, -0.25) is 4.79 Å². The van der Waals surface area contributed by atoms with Gasteiger partial charge in [0.1, 0.15) is 5.65 Å². The van der Waals surface area contributed by atoms with Crippen LogP contribution in [0.3, 0.4) is 0 Å². The third-order valence-corrected chi connectivity index (χ3v) is 4.88. The summed E-state index contributed by atoms with van der Waals surface area (Å²) in [5.41, 5.74) is 2.38. The molecule has 0 amide bonds. The largest absolute Gasteiger partial charge is 0.339 e. The van der Waals surface area contributed by atoms with Crippen molar-refractivity contribution in [2.75, 3.05) is 5.75 Å². The van der Waals surface area contributed by atoms with Gasteiger partial charge in [-0.1, -0.05) is 29.4 Å². The first-order chi connectivity index (χ1) is 11.7. The van der Waals surface area contributed by atoms with Crippen LogP contribution in [-0.4, -0.2) is 26.5 Å². The van der Waals surface area contributed by atoms with Crippen molar-refractivity contribution in [2.45, 2.75) is 5.03 Å². The molecule has 0 spiro atoms. The predicted octanol–water partition coefficient (Wildman–Crippen LogP) is 4.74. The molecule has 0 bridgehead atoms. The van der Waals surface area contributed by atoms with Crippen LogP contribution in [0.4, 0.5) is 0 Å². The van der Waals surface area contributed by atoms with E-state index in [9.17, 15) is 4.79 Å². The molecule has 0 saturated carbocycles. The Morgan fingerprint density at radius 1 is 1.12 bits per heavy atom. The van der Waals surface area contributed by atoms with Crippen molar-refractivity contribution in [3.05, 3.63) is 65.4 Å². The Morgan fingerprint density at radius 2 is 2.04 bits per heavy atom. The van der Waals surface area contributed by atoms with Crippen LogP contribution >= 0.6 is 23.4 Å². The number of rotatable bonds is 4. The lowest BCUT2D eigenvalue weighted by molar-refractivity contribution is 0.102. The van der Waals surface area contributed by atoms with E-state index >= 15 is 0 Å². The van der Waals surface area contributed by atoms with Gasteiger partial charge >= 0.3 is 0 Å². The lowest BCUT2D eigenvalue weighted by Crippen LogP contribution is -2.02. The van der Waals surface area contributed by atoms with E-state index in [0.717, 1.165) is 27.0 Å². The summed E-state index contributed by atoms with van der Waals surface area (Å²) in [7, 11) is 0. The van der Waals surface area contributed by atoms with Crippen molar-refractivity contribution in [2.24, 2.45) is 0 Å². The first kappa shape index (κ1) is 15.2. The van der Waals surface area contributed by atoms with Crippen LogP contribution in [0, 0.1) is 0 Å². The van der Waals surface area contributed by atoms with Gasteiger partial charge in [-0.05, 0) is 36.4 Å². The number of thioether (sulfide) groups is 1. The third kappa shape index (κ3) is 2.88. The zero-order chi connectivity index (χ0) is 16.5. The summed E-state index contributed by atoms with van der Waals surface area (Å²) in [6.45, 7) is 0. The van der Waals surface area contributed by atoms with Crippen LogP contribution < -0.4 is 0 Å². The number of hydrogen-bond acceptors (Lipinski definition) is 4. The highest BCUT2D eigenvalue weighted by atomic mass is 35.5. The molecule has 0 saturated heterocycles. The highest BCUT2D eigenvalue weighted by Gasteiger charge is 2.11. The lowest BCUT2D eigenvalue weighted by Gasteiger charge is -2.02. The highest BCUT2D eigenvalue weighted by Crippen LogP contribution is 2.27. The summed E-state index contributed by atoms with van der Waals surface area (Å²) in [5.74, 6) is 0.418. The smallest absolute Gasteiger partial charge is 0.173 e. The maximum absolute atomic E-state index is 12.5. The van der Waals surface area contributed by atoms with Crippen molar-refractivity contribution in [3.8, 4) is 0 Å². The van der Waals surface area contributed by atoms with E-state index in [-0.39, 0.29) is 5.78 Å². The Bertz CT molecular complexity index is 1050. The topological polar surface area (TPSA) is 58.6 Å². The molecule has 24 heavy (non-hydrogen) atoms. The van der Waals surface area contributed by atoms with Gasteiger partial charge < -0.3 is 4.98 Å². The summed E-state index contributed by atoms with van der Waals surface area (Å²) in [4.78, 5) is 24.2. The summed E-state index contributed by atoms with van der Waals surface area (Å²) in [5, 5.41) is 3.29. The first-order valence-electron chi connectivity index (χ1n) is 7.35. The van der Waals surface area contributed by atoms with E-state index < -0.39 is 0 Å². The van der Waals surface area contributed by atoms with Crippen LogP contribution in [0.1, 0.15) is 10.4 Å². The molecule has 0 atom stereocenters. The van der Waals surface area contributed by atoms with Crippen LogP contribution in [0.25, 0.3) is 21.9 Å². The number of nitrogens with zero attached hydrogens (tertiary/aromatic N) is 2. The number of aromatic nitrogens is 3. The molecule has 1 aromatic carbocycles. The number of halogens is 1. The number of H-pyrrole nitrogens is 1. The molecule has 0 aliphatic carbocycles. The minimum absolute atomic E-state index is 0.0666.